The number of pyridine rings is 1. The topological polar surface area (TPSA) is 92.2 Å². The van der Waals surface area contributed by atoms with Gasteiger partial charge in [0.2, 0.25) is 0 Å². The number of hydrogen-bond donors (Lipinski definition) is 2. The first kappa shape index (κ1) is 15.1. The molecule has 2 N–H and O–H groups in total. The lowest BCUT2D eigenvalue weighted by molar-refractivity contribution is 0.194. The number of fused-ring (bicyclic) bond motifs is 1. The molecule has 0 saturated carbocycles. The molecule has 0 aliphatic rings. The maximum Gasteiger partial charge on any atom is 0.404 e. The highest BCUT2D eigenvalue weighted by atomic mass is 32.1. The molecule has 1 aromatic carbocycles. The van der Waals surface area contributed by atoms with Gasteiger partial charge in [0.15, 0.2) is 0 Å². The van der Waals surface area contributed by atoms with Crippen molar-refractivity contribution in [1.29, 1.82) is 0 Å². The summed E-state index contributed by atoms with van der Waals surface area (Å²) >= 11 is 1.41. The number of nitrogens with one attached hydrogen (secondary N) is 1. The van der Waals surface area contributed by atoms with Crippen molar-refractivity contribution in [1.82, 2.24) is 15.3 Å². The normalized spacial score (nSPS) is 10.6. The van der Waals surface area contributed by atoms with Crippen LogP contribution in [-0.2, 0) is 6.42 Å². The van der Waals surface area contributed by atoms with Gasteiger partial charge in [-0.3, -0.25) is 9.78 Å². The second-order valence-electron chi connectivity index (χ2n) is 4.82. The SMILES string of the molecule is O=C(O)NCCc1cccc(-c2nc(=O)c3ccccc3s2)n1. The van der Waals surface area contributed by atoms with Crippen LogP contribution in [0.1, 0.15) is 5.69 Å². The van der Waals surface area contributed by atoms with Gasteiger partial charge in [-0.2, -0.15) is 4.98 Å². The number of nitrogens with zero attached hydrogens (tertiary/aromatic N) is 2. The van der Waals surface area contributed by atoms with Gasteiger partial charge in [0.05, 0.1) is 11.1 Å². The molecule has 23 heavy (non-hydrogen) atoms. The van der Waals surface area contributed by atoms with Gasteiger partial charge in [0.1, 0.15) is 5.01 Å². The molecular formula is C16H13N3O3S. The summed E-state index contributed by atoms with van der Waals surface area (Å²) in [7, 11) is 0. The van der Waals surface area contributed by atoms with Crippen molar-refractivity contribution < 1.29 is 9.90 Å². The van der Waals surface area contributed by atoms with Gasteiger partial charge in [-0.25, -0.2) is 4.79 Å². The minimum Gasteiger partial charge on any atom is -0.465 e. The van der Waals surface area contributed by atoms with Crippen LogP contribution in [0.3, 0.4) is 0 Å². The fourth-order valence-electron chi connectivity index (χ4n) is 2.16. The molecule has 0 unspecified atom stereocenters. The van der Waals surface area contributed by atoms with Gasteiger partial charge in [-0.05, 0) is 24.3 Å². The van der Waals surface area contributed by atoms with E-state index in [1.807, 2.05) is 30.3 Å². The van der Waals surface area contributed by atoms with Gasteiger partial charge in [0, 0.05) is 23.4 Å². The molecule has 7 heteroatoms. The van der Waals surface area contributed by atoms with E-state index < -0.39 is 6.09 Å². The van der Waals surface area contributed by atoms with Gasteiger partial charge in [0.25, 0.3) is 5.56 Å². The van der Waals surface area contributed by atoms with Crippen molar-refractivity contribution in [3.63, 3.8) is 0 Å². The number of benzene rings is 1. The van der Waals surface area contributed by atoms with Crippen LogP contribution in [-0.4, -0.2) is 27.7 Å². The molecule has 1 amide bonds. The average Bonchev–Trinajstić information content (AvgIpc) is 2.55. The maximum atomic E-state index is 12.1. The molecule has 0 radical (unpaired) electrons. The van der Waals surface area contributed by atoms with Crippen molar-refractivity contribution in [2.75, 3.05) is 6.54 Å². The van der Waals surface area contributed by atoms with Crippen LogP contribution in [0.5, 0.6) is 0 Å². The maximum absolute atomic E-state index is 12.1. The third-order valence-electron chi connectivity index (χ3n) is 3.21. The lowest BCUT2D eigenvalue weighted by Gasteiger charge is -2.05. The molecule has 0 aliphatic heterocycles. The highest BCUT2D eigenvalue weighted by molar-refractivity contribution is 7.21. The number of amides is 1. The van der Waals surface area contributed by atoms with E-state index >= 15 is 0 Å². The summed E-state index contributed by atoms with van der Waals surface area (Å²) in [5, 5.41) is 12.0. The third kappa shape index (κ3) is 3.51. The van der Waals surface area contributed by atoms with Crippen LogP contribution in [0.25, 0.3) is 20.8 Å². The standard InChI is InChI=1S/C16H13N3O3S/c20-14-11-5-1-2-7-13(11)23-15(19-14)12-6-3-4-10(18-12)8-9-17-16(21)22/h1-7,17H,8-9H2,(H,21,22). The number of carbonyl (C=O) groups is 1. The lowest BCUT2D eigenvalue weighted by atomic mass is 10.2. The minimum atomic E-state index is -1.06. The summed E-state index contributed by atoms with van der Waals surface area (Å²) in [5.41, 5.74) is 1.09. The van der Waals surface area contributed by atoms with Crippen LogP contribution < -0.4 is 10.9 Å². The van der Waals surface area contributed by atoms with Gasteiger partial charge in [-0.15, -0.1) is 11.3 Å². The first-order valence-corrected chi connectivity index (χ1v) is 7.78. The van der Waals surface area contributed by atoms with Crippen molar-refractivity contribution in [3.05, 3.63) is 58.5 Å². The zero-order chi connectivity index (χ0) is 16.2. The Hall–Kier alpha value is -2.80. The quantitative estimate of drug-likeness (QED) is 0.768. The number of rotatable bonds is 4. The zero-order valence-corrected chi connectivity index (χ0v) is 12.8. The lowest BCUT2D eigenvalue weighted by Crippen LogP contribution is -2.23. The van der Waals surface area contributed by atoms with E-state index in [0.717, 1.165) is 10.4 Å². The second-order valence-corrected chi connectivity index (χ2v) is 5.85. The van der Waals surface area contributed by atoms with Crippen molar-refractivity contribution >= 4 is 27.5 Å². The Balaban J connectivity index is 1.92. The van der Waals surface area contributed by atoms with E-state index in [4.69, 9.17) is 5.11 Å². The van der Waals surface area contributed by atoms with Crippen molar-refractivity contribution in [2.24, 2.45) is 0 Å². The highest BCUT2D eigenvalue weighted by Crippen LogP contribution is 2.24. The minimum absolute atomic E-state index is 0.269. The predicted octanol–water partition coefficient (Wildman–Crippen LogP) is 2.53. The second kappa shape index (κ2) is 6.53. The van der Waals surface area contributed by atoms with Gasteiger partial charge in [-0.1, -0.05) is 18.2 Å². The molecule has 2 aromatic heterocycles. The molecule has 2 heterocycles. The Labute approximate surface area is 135 Å². The van der Waals surface area contributed by atoms with Crippen LogP contribution >= 0.6 is 11.3 Å². The molecule has 0 fully saturated rings. The van der Waals surface area contributed by atoms with E-state index in [-0.39, 0.29) is 12.1 Å². The van der Waals surface area contributed by atoms with E-state index in [1.54, 1.807) is 12.1 Å². The molecule has 3 aromatic rings. The number of hydrogen-bond acceptors (Lipinski definition) is 5. The third-order valence-corrected chi connectivity index (χ3v) is 4.28. The van der Waals surface area contributed by atoms with Crippen LogP contribution in [0, 0.1) is 0 Å². The Kier molecular flexibility index (Phi) is 4.29. The number of aromatic nitrogens is 2. The molecule has 0 saturated heterocycles. The van der Waals surface area contributed by atoms with E-state index in [9.17, 15) is 9.59 Å². The highest BCUT2D eigenvalue weighted by Gasteiger charge is 2.08. The first-order chi connectivity index (χ1) is 11.1. The van der Waals surface area contributed by atoms with Crippen LogP contribution in [0.15, 0.2) is 47.3 Å². The number of carboxylic acid groups (broad SMARTS) is 1. The molecule has 0 atom stereocenters. The molecule has 0 aliphatic carbocycles. The van der Waals surface area contributed by atoms with E-state index in [1.165, 1.54) is 11.3 Å². The fraction of sp³-hybridized carbons (Fsp3) is 0.125. The summed E-state index contributed by atoms with van der Waals surface area (Å²) < 4.78 is 0.863. The molecule has 6 nitrogen and oxygen atoms in total. The zero-order valence-electron chi connectivity index (χ0n) is 12.0. The summed E-state index contributed by atoms with van der Waals surface area (Å²) in [4.78, 5) is 31.1. The summed E-state index contributed by atoms with van der Waals surface area (Å²) in [6.07, 6.45) is -0.585. The first-order valence-electron chi connectivity index (χ1n) is 6.96. The molecule has 0 bridgehead atoms. The van der Waals surface area contributed by atoms with Gasteiger partial charge < -0.3 is 10.4 Å². The van der Waals surface area contributed by atoms with Crippen LogP contribution in [0.2, 0.25) is 0 Å². The van der Waals surface area contributed by atoms with E-state index in [2.05, 4.69) is 15.3 Å². The average molecular weight is 327 g/mol. The van der Waals surface area contributed by atoms with Crippen LogP contribution in [0.4, 0.5) is 4.79 Å². The van der Waals surface area contributed by atoms with Crippen molar-refractivity contribution in [2.45, 2.75) is 6.42 Å². The van der Waals surface area contributed by atoms with Crippen molar-refractivity contribution in [3.8, 4) is 10.7 Å². The molecule has 3 rings (SSSR count). The fourth-order valence-corrected chi connectivity index (χ4v) is 3.12. The predicted molar refractivity (Wildman–Crippen MR) is 88.9 cm³/mol. The molecule has 0 spiro atoms. The Bertz CT molecular complexity index is 924. The largest absolute Gasteiger partial charge is 0.465 e. The Morgan fingerprint density at radius 3 is 2.78 bits per heavy atom. The Morgan fingerprint density at radius 2 is 1.96 bits per heavy atom. The summed E-state index contributed by atoms with van der Waals surface area (Å²) in [6.45, 7) is 0.285. The Morgan fingerprint density at radius 1 is 1.13 bits per heavy atom. The monoisotopic (exact) mass is 327 g/mol. The van der Waals surface area contributed by atoms with Gasteiger partial charge >= 0.3 is 6.09 Å². The smallest absolute Gasteiger partial charge is 0.404 e. The molecule has 116 valence electrons. The molecular weight excluding hydrogens is 314 g/mol. The summed E-state index contributed by atoms with van der Waals surface area (Å²) in [5.74, 6) is 0. The van der Waals surface area contributed by atoms with E-state index in [0.29, 0.717) is 22.5 Å². The summed E-state index contributed by atoms with van der Waals surface area (Å²) in [6, 6.07) is 12.8.